The molecule has 2 bridgehead atoms. The van der Waals surface area contributed by atoms with Gasteiger partial charge in [0.2, 0.25) is 5.91 Å². The number of hydrogen-bond acceptors (Lipinski definition) is 4. The van der Waals surface area contributed by atoms with E-state index in [1.165, 1.54) is 56.3 Å². The van der Waals surface area contributed by atoms with Gasteiger partial charge in [-0.2, -0.15) is 0 Å². The van der Waals surface area contributed by atoms with Crippen molar-refractivity contribution in [1.82, 2.24) is 4.90 Å². The summed E-state index contributed by atoms with van der Waals surface area (Å²) in [5, 5.41) is 12.2. The van der Waals surface area contributed by atoms with Gasteiger partial charge in [-0.05, 0) is 73.3 Å². The molecule has 2 saturated carbocycles. The minimum atomic E-state index is -0.111. The van der Waals surface area contributed by atoms with Crippen LogP contribution in [0, 0.1) is 11.8 Å². The van der Waals surface area contributed by atoms with Crippen LogP contribution in [0.2, 0.25) is 0 Å². The van der Waals surface area contributed by atoms with E-state index < -0.39 is 0 Å². The number of fused-ring (bicyclic) bond motifs is 4. The first-order chi connectivity index (χ1) is 16.4. The normalized spacial score (nSPS) is 27.7. The maximum Gasteiger partial charge on any atom is 0.232 e. The second-order valence-electron chi connectivity index (χ2n) is 13.3. The zero-order valence-corrected chi connectivity index (χ0v) is 24.5. The fourth-order valence-corrected chi connectivity index (χ4v) is 9.07. The predicted molar refractivity (Wildman–Crippen MR) is 152 cm³/mol. The standard InChI is InChI=1S/C30H47NO2S2/c1-29(2,3)23-15-22(16-24(28(23)33)30(4,5)6)35-26-10-8-7-9-25(26)34-19-27(32)31-17-20-11-12-21(18-31)14-13-20/h15-16,20-21,25-26,33H,7-14,17-19H2,1-6H3. The Kier molecular flexibility index (Phi) is 8.47. The van der Waals surface area contributed by atoms with Crippen molar-refractivity contribution in [3.8, 4) is 5.75 Å². The fourth-order valence-electron chi connectivity index (χ4n) is 6.15. The molecular formula is C30H47NO2S2. The molecule has 5 rings (SSSR count). The molecule has 2 heterocycles. The average molecular weight is 518 g/mol. The van der Waals surface area contributed by atoms with Crippen LogP contribution in [0.15, 0.2) is 17.0 Å². The van der Waals surface area contributed by atoms with Crippen LogP contribution >= 0.6 is 23.5 Å². The monoisotopic (exact) mass is 517 g/mol. The Balaban J connectivity index is 1.46. The maximum atomic E-state index is 13.2. The number of aromatic hydroxyl groups is 1. The fraction of sp³-hybridized carbons (Fsp3) is 0.767. The van der Waals surface area contributed by atoms with Crippen LogP contribution in [-0.2, 0) is 15.6 Å². The molecule has 2 unspecified atom stereocenters. The highest BCUT2D eigenvalue weighted by Crippen LogP contribution is 2.45. The minimum Gasteiger partial charge on any atom is -0.507 e. The lowest BCUT2D eigenvalue weighted by Crippen LogP contribution is -2.37. The van der Waals surface area contributed by atoms with Crippen LogP contribution in [0.5, 0.6) is 5.75 Å². The zero-order valence-electron chi connectivity index (χ0n) is 22.9. The van der Waals surface area contributed by atoms with Crippen molar-refractivity contribution >= 4 is 29.4 Å². The number of rotatable bonds is 5. The lowest BCUT2D eigenvalue weighted by molar-refractivity contribution is -0.128. The third kappa shape index (κ3) is 6.74. The number of carbonyl (C=O) groups excluding carboxylic acids is 1. The highest BCUT2D eigenvalue weighted by molar-refractivity contribution is 8.04. The molecule has 2 aliphatic carbocycles. The minimum absolute atomic E-state index is 0.111. The summed E-state index contributed by atoms with van der Waals surface area (Å²) in [5.74, 6) is 2.95. The van der Waals surface area contributed by atoms with E-state index in [4.69, 9.17) is 0 Å². The number of amides is 1. The highest BCUT2D eigenvalue weighted by Gasteiger charge is 2.34. The van der Waals surface area contributed by atoms with Gasteiger partial charge in [0.15, 0.2) is 0 Å². The third-order valence-electron chi connectivity index (χ3n) is 8.33. The average Bonchev–Trinajstić information content (AvgIpc) is 3.12. The van der Waals surface area contributed by atoms with Gasteiger partial charge in [-0.15, -0.1) is 23.5 Å². The van der Waals surface area contributed by atoms with E-state index >= 15 is 0 Å². The number of carbonyl (C=O) groups is 1. The lowest BCUT2D eigenvalue weighted by Gasteiger charge is -2.33. The topological polar surface area (TPSA) is 40.5 Å². The van der Waals surface area contributed by atoms with Gasteiger partial charge in [0, 0.05) is 39.6 Å². The molecule has 2 saturated heterocycles. The molecule has 0 spiro atoms. The van der Waals surface area contributed by atoms with Gasteiger partial charge in [-0.25, -0.2) is 0 Å². The molecule has 5 heteroatoms. The maximum absolute atomic E-state index is 13.2. The van der Waals surface area contributed by atoms with E-state index in [0.29, 0.717) is 27.9 Å². The molecule has 1 aromatic carbocycles. The Morgan fingerprint density at radius 1 is 0.857 bits per heavy atom. The van der Waals surface area contributed by atoms with Crippen molar-refractivity contribution < 1.29 is 9.90 Å². The Morgan fingerprint density at radius 2 is 1.34 bits per heavy atom. The first-order valence-electron chi connectivity index (χ1n) is 13.9. The first kappa shape index (κ1) is 27.2. The number of benzene rings is 1. The SMILES string of the molecule is CC(C)(C)c1cc(SC2CCCCC2SCC(=O)N2CC3CCC(CC3)C2)cc(C(C)(C)C)c1O. The van der Waals surface area contributed by atoms with Crippen molar-refractivity contribution in [3.05, 3.63) is 23.3 Å². The number of hydrogen-bond donors (Lipinski definition) is 1. The smallest absolute Gasteiger partial charge is 0.232 e. The third-order valence-corrected chi connectivity index (χ3v) is 11.3. The zero-order chi connectivity index (χ0) is 25.4. The summed E-state index contributed by atoms with van der Waals surface area (Å²) in [6.07, 6.45) is 10.2. The second-order valence-corrected chi connectivity index (χ2v) is 15.9. The quantitative estimate of drug-likeness (QED) is 0.433. The van der Waals surface area contributed by atoms with Gasteiger partial charge >= 0.3 is 0 Å². The summed E-state index contributed by atoms with van der Waals surface area (Å²) in [6.45, 7) is 15.1. The molecule has 0 aromatic heterocycles. The lowest BCUT2D eigenvalue weighted by atomic mass is 9.79. The van der Waals surface area contributed by atoms with Crippen LogP contribution in [0.3, 0.4) is 0 Å². The van der Waals surface area contributed by atoms with E-state index in [9.17, 15) is 9.90 Å². The molecule has 1 aromatic rings. The Morgan fingerprint density at radius 3 is 1.83 bits per heavy atom. The summed E-state index contributed by atoms with van der Waals surface area (Å²) in [4.78, 5) is 16.7. The Labute approximate surface area is 222 Å². The highest BCUT2D eigenvalue weighted by atomic mass is 32.2. The van der Waals surface area contributed by atoms with Gasteiger partial charge in [0.1, 0.15) is 5.75 Å². The molecule has 3 nitrogen and oxygen atoms in total. The van der Waals surface area contributed by atoms with Gasteiger partial charge in [0.25, 0.3) is 0 Å². The molecule has 0 radical (unpaired) electrons. The number of phenolic OH excluding ortho intramolecular Hbond substituents is 1. The predicted octanol–water partition coefficient (Wildman–Crippen LogP) is 7.77. The van der Waals surface area contributed by atoms with Crippen molar-refractivity contribution in [2.45, 2.75) is 119 Å². The van der Waals surface area contributed by atoms with E-state index in [-0.39, 0.29) is 10.8 Å². The van der Waals surface area contributed by atoms with E-state index in [1.807, 2.05) is 23.5 Å². The van der Waals surface area contributed by atoms with Crippen molar-refractivity contribution in [2.24, 2.45) is 11.8 Å². The number of thioether (sulfide) groups is 2. The van der Waals surface area contributed by atoms with Crippen LogP contribution < -0.4 is 0 Å². The molecule has 4 aliphatic rings. The molecule has 4 fully saturated rings. The largest absolute Gasteiger partial charge is 0.507 e. The van der Waals surface area contributed by atoms with Gasteiger partial charge in [0.05, 0.1) is 5.75 Å². The van der Waals surface area contributed by atoms with Crippen molar-refractivity contribution in [3.63, 3.8) is 0 Å². The summed E-state index contributed by atoms with van der Waals surface area (Å²) in [6, 6.07) is 4.45. The van der Waals surface area contributed by atoms with E-state index in [1.54, 1.807) is 0 Å². The van der Waals surface area contributed by atoms with Crippen LogP contribution in [0.4, 0.5) is 0 Å². The molecule has 35 heavy (non-hydrogen) atoms. The Bertz CT molecular complexity index is 844. The second kappa shape index (κ2) is 10.9. The summed E-state index contributed by atoms with van der Waals surface area (Å²) < 4.78 is 0. The van der Waals surface area contributed by atoms with E-state index in [0.717, 1.165) is 36.1 Å². The molecule has 2 aliphatic heterocycles. The number of nitrogens with zero attached hydrogens (tertiary/aromatic N) is 1. The summed E-state index contributed by atoms with van der Waals surface area (Å²) in [7, 11) is 0. The van der Waals surface area contributed by atoms with Gasteiger partial charge in [-0.3, -0.25) is 4.79 Å². The summed E-state index contributed by atoms with van der Waals surface area (Å²) in [5.41, 5.74) is 1.86. The van der Waals surface area contributed by atoms with Crippen LogP contribution in [-0.4, -0.2) is 45.3 Å². The number of phenols is 1. The van der Waals surface area contributed by atoms with Gasteiger partial charge < -0.3 is 10.0 Å². The Hall–Kier alpha value is -0.810. The molecule has 196 valence electrons. The van der Waals surface area contributed by atoms with Crippen molar-refractivity contribution in [1.29, 1.82) is 0 Å². The molecule has 2 atom stereocenters. The molecule has 1 N–H and O–H groups in total. The van der Waals surface area contributed by atoms with Gasteiger partial charge in [-0.1, -0.05) is 54.4 Å². The molecular weight excluding hydrogens is 470 g/mol. The van der Waals surface area contributed by atoms with Crippen molar-refractivity contribution in [2.75, 3.05) is 18.8 Å². The van der Waals surface area contributed by atoms with E-state index in [2.05, 4.69) is 58.6 Å². The summed E-state index contributed by atoms with van der Waals surface area (Å²) >= 11 is 3.90. The molecule has 1 amide bonds. The van der Waals surface area contributed by atoms with Crippen LogP contribution in [0.1, 0.15) is 104 Å². The van der Waals surface area contributed by atoms with Crippen LogP contribution in [0.25, 0.3) is 0 Å². The first-order valence-corrected chi connectivity index (χ1v) is 15.8.